The molecule has 0 heterocycles. The Morgan fingerprint density at radius 3 is 2.21 bits per heavy atom. The SMILES string of the molecule is COc1ccc(C(=O)NCCNC(=O)CCCOc2c(C)cccc2C)cc1. The molecule has 6 heteroatoms. The Morgan fingerprint density at radius 2 is 1.57 bits per heavy atom. The zero-order valence-electron chi connectivity index (χ0n) is 16.7. The Hall–Kier alpha value is -3.02. The van der Waals surface area contributed by atoms with Crippen molar-refractivity contribution in [3.05, 3.63) is 59.2 Å². The lowest BCUT2D eigenvalue weighted by molar-refractivity contribution is -0.121. The second kappa shape index (κ2) is 11.0. The predicted octanol–water partition coefficient (Wildman–Crippen LogP) is 3.02. The molecule has 0 aromatic heterocycles. The summed E-state index contributed by atoms with van der Waals surface area (Å²) in [5, 5.41) is 5.57. The Morgan fingerprint density at radius 1 is 0.929 bits per heavy atom. The second-order valence-corrected chi connectivity index (χ2v) is 6.51. The van der Waals surface area contributed by atoms with Crippen LogP contribution in [0.2, 0.25) is 0 Å². The van der Waals surface area contributed by atoms with Crippen LogP contribution in [0.15, 0.2) is 42.5 Å². The van der Waals surface area contributed by atoms with Crippen molar-refractivity contribution in [2.75, 3.05) is 26.8 Å². The average molecular weight is 384 g/mol. The number of benzene rings is 2. The second-order valence-electron chi connectivity index (χ2n) is 6.51. The van der Waals surface area contributed by atoms with E-state index in [-0.39, 0.29) is 11.8 Å². The molecule has 0 saturated carbocycles. The lowest BCUT2D eigenvalue weighted by Gasteiger charge is -2.12. The summed E-state index contributed by atoms with van der Waals surface area (Å²) in [5.41, 5.74) is 2.74. The molecule has 0 atom stereocenters. The fourth-order valence-electron chi connectivity index (χ4n) is 2.74. The summed E-state index contributed by atoms with van der Waals surface area (Å²) in [5.74, 6) is 1.36. The number of hydrogen-bond donors (Lipinski definition) is 2. The molecular formula is C22H28N2O4. The van der Waals surface area contributed by atoms with Gasteiger partial charge in [-0.25, -0.2) is 0 Å². The van der Waals surface area contributed by atoms with Crippen LogP contribution in [-0.2, 0) is 4.79 Å². The lowest BCUT2D eigenvalue weighted by atomic mass is 10.1. The molecule has 2 amide bonds. The Balaban J connectivity index is 1.59. The van der Waals surface area contributed by atoms with Crippen LogP contribution in [0.3, 0.4) is 0 Å². The van der Waals surface area contributed by atoms with Crippen LogP contribution in [0.4, 0.5) is 0 Å². The van der Waals surface area contributed by atoms with Crippen LogP contribution >= 0.6 is 0 Å². The minimum Gasteiger partial charge on any atom is -0.497 e. The van der Waals surface area contributed by atoms with Crippen molar-refractivity contribution in [1.82, 2.24) is 10.6 Å². The molecule has 0 fully saturated rings. The van der Waals surface area contributed by atoms with E-state index in [0.717, 1.165) is 16.9 Å². The van der Waals surface area contributed by atoms with E-state index in [1.54, 1.807) is 31.4 Å². The highest BCUT2D eigenvalue weighted by atomic mass is 16.5. The van der Waals surface area contributed by atoms with Gasteiger partial charge >= 0.3 is 0 Å². The lowest BCUT2D eigenvalue weighted by Crippen LogP contribution is -2.34. The molecule has 0 saturated heterocycles. The monoisotopic (exact) mass is 384 g/mol. The van der Waals surface area contributed by atoms with Gasteiger partial charge in [0.2, 0.25) is 5.91 Å². The molecule has 0 unspecified atom stereocenters. The van der Waals surface area contributed by atoms with Gasteiger partial charge in [-0.3, -0.25) is 9.59 Å². The van der Waals surface area contributed by atoms with Crippen LogP contribution in [0.5, 0.6) is 11.5 Å². The van der Waals surface area contributed by atoms with E-state index >= 15 is 0 Å². The van der Waals surface area contributed by atoms with E-state index in [9.17, 15) is 9.59 Å². The Bertz CT molecular complexity index is 767. The van der Waals surface area contributed by atoms with E-state index in [1.165, 1.54) is 0 Å². The first-order valence-corrected chi connectivity index (χ1v) is 9.39. The van der Waals surface area contributed by atoms with Crippen LogP contribution < -0.4 is 20.1 Å². The zero-order chi connectivity index (χ0) is 20.4. The normalized spacial score (nSPS) is 10.2. The van der Waals surface area contributed by atoms with Crippen molar-refractivity contribution in [2.45, 2.75) is 26.7 Å². The van der Waals surface area contributed by atoms with Crippen molar-refractivity contribution < 1.29 is 19.1 Å². The van der Waals surface area contributed by atoms with Crippen molar-refractivity contribution in [1.29, 1.82) is 0 Å². The third-order valence-corrected chi connectivity index (χ3v) is 4.29. The van der Waals surface area contributed by atoms with Gasteiger partial charge < -0.3 is 20.1 Å². The minimum atomic E-state index is -0.182. The van der Waals surface area contributed by atoms with Gasteiger partial charge in [-0.15, -0.1) is 0 Å². The summed E-state index contributed by atoms with van der Waals surface area (Å²) in [6, 6.07) is 12.9. The van der Waals surface area contributed by atoms with Crippen molar-refractivity contribution in [2.24, 2.45) is 0 Å². The first-order valence-electron chi connectivity index (χ1n) is 9.39. The number of carbonyl (C=O) groups excluding carboxylic acids is 2. The maximum atomic E-state index is 12.0. The first-order chi connectivity index (χ1) is 13.5. The highest BCUT2D eigenvalue weighted by molar-refractivity contribution is 5.94. The number of rotatable bonds is 10. The topological polar surface area (TPSA) is 76.7 Å². The summed E-state index contributed by atoms with van der Waals surface area (Å²) in [7, 11) is 1.58. The van der Waals surface area contributed by atoms with Gasteiger partial charge in [0.05, 0.1) is 13.7 Å². The van der Waals surface area contributed by atoms with Gasteiger partial charge in [0.1, 0.15) is 11.5 Å². The van der Waals surface area contributed by atoms with E-state index in [4.69, 9.17) is 9.47 Å². The van der Waals surface area contributed by atoms with Crippen molar-refractivity contribution >= 4 is 11.8 Å². The van der Waals surface area contributed by atoms with E-state index in [2.05, 4.69) is 10.6 Å². The van der Waals surface area contributed by atoms with Crippen LogP contribution in [0, 0.1) is 13.8 Å². The first kappa shape index (κ1) is 21.3. The quantitative estimate of drug-likeness (QED) is 0.618. The van der Waals surface area contributed by atoms with Gasteiger partial charge in [0.25, 0.3) is 5.91 Å². The average Bonchev–Trinajstić information content (AvgIpc) is 2.70. The number of hydrogen-bond acceptors (Lipinski definition) is 4. The third-order valence-electron chi connectivity index (χ3n) is 4.29. The molecule has 0 bridgehead atoms. The van der Waals surface area contributed by atoms with Crippen molar-refractivity contribution in [3.8, 4) is 11.5 Å². The van der Waals surface area contributed by atoms with Crippen LogP contribution in [0.25, 0.3) is 0 Å². The number of nitrogens with one attached hydrogen (secondary N) is 2. The molecular weight excluding hydrogens is 356 g/mol. The Labute approximate surface area is 166 Å². The fraction of sp³-hybridized carbons (Fsp3) is 0.364. The number of aryl methyl sites for hydroxylation is 2. The number of para-hydroxylation sites is 1. The maximum absolute atomic E-state index is 12.0. The van der Waals surface area contributed by atoms with Gasteiger partial charge in [-0.1, -0.05) is 18.2 Å². The largest absolute Gasteiger partial charge is 0.497 e. The highest BCUT2D eigenvalue weighted by Gasteiger charge is 2.07. The molecule has 0 radical (unpaired) electrons. The molecule has 0 aliphatic rings. The molecule has 2 aromatic carbocycles. The highest BCUT2D eigenvalue weighted by Crippen LogP contribution is 2.22. The maximum Gasteiger partial charge on any atom is 0.251 e. The molecule has 28 heavy (non-hydrogen) atoms. The molecule has 2 rings (SSSR count). The number of ether oxygens (including phenoxy) is 2. The van der Waals surface area contributed by atoms with E-state index in [1.807, 2.05) is 32.0 Å². The fourth-order valence-corrected chi connectivity index (χ4v) is 2.74. The van der Waals surface area contributed by atoms with Crippen molar-refractivity contribution in [3.63, 3.8) is 0 Å². The number of methoxy groups -OCH3 is 1. The molecule has 0 spiro atoms. The van der Waals surface area contributed by atoms with Gasteiger partial charge in [0.15, 0.2) is 0 Å². The predicted molar refractivity (Wildman–Crippen MR) is 109 cm³/mol. The molecule has 0 aliphatic heterocycles. The molecule has 2 N–H and O–H groups in total. The summed E-state index contributed by atoms with van der Waals surface area (Å²) >= 11 is 0. The summed E-state index contributed by atoms with van der Waals surface area (Å²) in [4.78, 5) is 23.9. The van der Waals surface area contributed by atoms with E-state index in [0.29, 0.717) is 43.9 Å². The van der Waals surface area contributed by atoms with Gasteiger partial charge in [-0.2, -0.15) is 0 Å². The third kappa shape index (κ3) is 6.61. The Kier molecular flexibility index (Phi) is 8.34. The molecule has 0 aliphatic carbocycles. The number of carbonyl (C=O) groups is 2. The molecule has 6 nitrogen and oxygen atoms in total. The van der Waals surface area contributed by atoms with Crippen LogP contribution in [-0.4, -0.2) is 38.6 Å². The van der Waals surface area contributed by atoms with Gasteiger partial charge in [-0.05, 0) is 55.7 Å². The standard InChI is InChI=1S/C22H28N2O4/c1-16-6-4-7-17(2)21(16)28-15-5-8-20(25)23-13-14-24-22(26)18-9-11-19(27-3)12-10-18/h4,6-7,9-12H,5,8,13-15H2,1-3H3,(H,23,25)(H,24,26). The van der Waals surface area contributed by atoms with Gasteiger partial charge in [0, 0.05) is 25.1 Å². The number of amides is 2. The van der Waals surface area contributed by atoms with Crippen LogP contribution in [0.1, 0.15) is 34.3 Å². The smallest absolute Gasteiger partial charge is 0.251 e. The summed E-state index contributed by atoms with van der Waals surface area (Å²) in [6.07, 6.45) is 1.02. The zero-order valence-corrected chi connectivity index (χ0v) is 16.7. The molecule has 150 valence electrons. The minimum absolute atomic E-state index is 0.0520. The summed E-state index contributed by atoms with van der Waals surface area (Å²) < 4.78 is 10.9. The summed E-state index contributed by atoms with van der Waals surface area (Å²) in [6.45, 7) is 5.27. The molecule has 2 aromatic rings. The van der Waals surface area contributed by atoms with E-state index < -0.39 is 0 Å².